The zero-order valence-corrected chi connectivity index (χ0v) is 15.8. The highest BCUT2D eigenvalue weighted by molar-refractivity contribution is 8.00. The summed E-state index contributed by atoms with van der Waals surface area (Å²) >= 11 is 1.58. The second-order valence-corrected chi connectivity index (χ2v) is 7.84. The summed E-state index contributed by atoms with van der Waals surface area (Å²) < 4.78 is 0. The standard InChI is InChI=1S/C21H24N2O2S/c1-23(15-16-7-3-2-4-8-16)20(24)13-14-26-19-12-11-17-9-5-6-10-18(17)22-21(19)25/h2-10,19H,11-15H2,1H3,(H,22,25). The molecule has 4 nitrogen and oxygen atoms in total. The smallest absolute Gasteiger partial charge is 0.237 e. The number of aryl methyl sites for hydroxylation is 1. The number of anilines is 1. The van der Waals surface area contributed by atoms with E-state index in [-0.39, 0.29) is 17.1 Å². The van der Waals surface area contributed by atoms with Gasteiger partial charge in [-0.1, -0.05) is 48.5 Å². The van der Waals surface area contributed by atoms with Gasteiger partial charge >= 0.3 is 0 Å². The third kappa shape index (κ3) is 4.88. The molecule has 3 rings (SSSR count). The zero-order valence-electron chi connectivity index (χ0n) is 15.0. The first-order chi connectivity index (χ1) is 12.6. The molecule has 1 unspecified atom stereocenters. The van der Waals surface area contributed by atoms with E-state index in [1.165, 1.54) is 5.56 Å². The maximum Gasteiger partial charge on any atom is 0.237 e. The van der Waals surface area contributed by atoms with Crippen LogP contribution in [0.15, 0.2) is 54.6 Å². The van der Waals surface area contributed by atoms with Crippen molar-refractivity contribution in [1.82, 2.24) is 4.90 Å². The number of rotatable bonds is 6. The summed E-state index contributed by atoms with van der Waals surface area (Å²) in [6.45, 7) is 0.615. The molecule has 0 aliphatic carbocycles. The number of para-hydroxylation sites is 1. The molecule has 0 spiro atoms. The number of fused-ring (bicyclic) bond motifs is 1. The van der Waals surface area contributed by atoms with Crippen molar-refractivity contribution >= 4 is 29.3 Å². The highest BCUT2D eigenvalue weighted by Gasteiger charge is 2.24. The molecule has 26 heavy (non-hydrogen) atoms. The number of hydrogen-bond acceptors (Lipinski definition) is 3. The quantitative estimate of drug-likeness (QED) is 0.845. The van der Waals surface area contributed by atoms with Gasteiger partial charge in [0.1, 0.15) is 0 Å². The van der Waals surface area contributed by atoms with Crippen molar-refractivity contribution < 1.29 is 9.59 Å². The SMILES string of the molecule is CN(Cc1ccccc1)C(=O)CCSC1CCc2ccccc2NC1=O. The van der Waals surface area contributed by atoms with Gasteiger partial charge in [0.25, 0.3) is 0 Å². The van der Waals surface area contributed by atoms with Crippen molar-refractivity contribution in [3.05, 3.63) is 65.7 Å². The number of hydrogen-bond donors (Lipinski definition) is 1. The predicted octanol–water partition coefficient (Wildman–Crippen LogP) is 3.72. The van der Waals surface area contributed by atoms with Gasteiger partial charge in [-0.05, 0) is 30.0 Å². The molecule has 1 N–H and O–H groups in total. The van der Waals surface area contributed by atoms with Crippen LogP contribution in [-0.2, 0) is 22.6 Å². The molecule has 1 heterocycles. The van der Waals surface area contributed by atoms with Gasteiger partial charge in [0.2, 0.25) is 11.8 Å². The minimum atomic E-state index is -0.102. The van der Waals surface area contributed by atoms with Gasteiger partial charge in [-0.2, -0.15) is 0 Å². The number of amides is 2. The van der Waals surface area contributed by atoms with Gasteiger partial charge < -0.3 is 10.2 Å². The molecule has 2 amide bonds. The first-order valence-corrected chi connectivity index (χ1v) is 9.96. The topological polar surface area (TPSA) is 49.4 Å². The lowest BCUT2D eigenvalue weighted by Gasteiger charge is -2.18. The van der Waals surface area contributed by atoms with Gasteiger partial charge in [0, 0.05) is 31.5 Å². The lowest BCUT2D eigenvalue weighted by atomic mass is 10.1. The van der Waals surface area contributed by atoms with Crippen LogP contribution in [0, 0.1) is 0 Å². The molecular weight excluding hydrogens is 344 g/mol. The number of nitrogens with one attached hydrogen (secondary N) is 1. The van der Waals surface area contributed by atoms with E-state index in [2.05, 4.69) is 11.4 Å². The minimum Gasteiger partial charge on any atom is -0.341 e. The Balaban J connectivity index is 1.46. The van der Waals surface area contributed by atoms with Crippen LogP contribution >= 0.6 is 11.8 Å². The third-order valence-corrected chi connectivity index (χ3v) is 5.86. The second kappa shape index (κ2) is 8.90. The van der Waals surface area contributed by atoms with E-state index in [4.69, 9.17) is 0 Å². The first-order valence-electron chi connectivity index (χ1n) is 8.92. The number of thioether (sulfide) groups is 1. The molecular formula is C21H24N2O2S. The highest BCUT2D eigenvalue weighted by atomic mass is 32.2. The second-order valence-electron chi connectivity index (χ2n) is 6.53. The third-order valence-electron chi connectivity index (χ3n) is 4.57. The Morgan fingerprint density at radius 1 is 1.15 bits per heavy atom. The van der Waals surface area contributed by atoms with Gasteiger partial charge in [0.15, 0.2) is 0 Å². The van der Waals surface area contributed by atoms with Crippen molar-refractivity contribution in [1.29, 1.82) is 0 Å². The van der Waals surface area contributed by atoms with Crippen LogP contribution in [0.1, 0.15) is 24.0 Å². The van der Waals surface area contributed by atoms with Crippen molar-refractivity contribution in [3.8, 4) is 0 Å². The molecule has 0 saturated heterocycles. The van der Waals surface area contributed by atoms with E-state index in [0.717, 1.165) is 24.1 Å². The Morgan fingerprint density at radius 2 is 1.88 bits per heavy atom. The maximum absolute atomic E-state index is 12.4. The van der Waals surface area contributed by atoms with Crippen molar-refractivity contribution in [2.24, 2.45) is 0 Å². The largest absolute Gasteiger partial charge is 0.341 e. The maximum atomic E-state index is 12.4. The molecule has 0 saturated carbocycles. The zero-order chi connectivity index (χ0) is 18.4. The van der Waals surface area contributed by atoms with Crippen molar-refractivity contribution in [3.63, 3.8) is 0 Å². The molecule has 2 aromatic carbocycles. The van der Waals surface area contributed by atoms with Gasteiger partial charge in [-0.25, -0.2) is 0 Å². The van der Waals surface area contributed by atoms with E-state index < -0.39 is 0 Å². The lowest BCUT2D eigenvalue weighted by Crippen LogP contribution is -2.28. The van der Waals surface area contributed by atoms with E-state index in [1.54, 1.807) is 16.7 Å². The van der Waals surface area contributed by atoms with Gasteiger partial charge in [0.05, 0.1) is 5.25 Å². The molecule has 2 aromatic rings. The molecule has 1 aliphatic heterocycles. The van der Waals surface area contributed by atoms with Crippen LogP contribution in [0.25, 0.3) is 0 Å². The summed E-state index contributed by atoms with van der Waals surface area (Å²) in [4.78, 5) is 26.5. The summed E-state index contributed by atoms with van der Waals surface area (Å²) in [5, 5.41) is 2.91. The fraction of sp³-hybridized carbons (Fsp3) is 0.333. The van der Waals surface area contributed by atoms with E-state index in [1.807, 2.05) is 55.6 Å². The molecule has 136 valence electrons. The van der Waals surface area contributed by atoms with Gasteiger partial charge in [-0.15, -0.1) is 11.8 Å². The fourth-order valence-electron chi connectivity index (χ4n) is 3.08. The summed E-state index contributed by atoms with van der Waals surface area (Å²) in [7, 11) is 1.83. The highest BCUT2D eigenvalue weighted by Crippen LogP contribution is 2.27. The van der Waals surface area contributed by atoms with Crippen molar-refractivity contribution in [2.45, 2.75) is 31.1 Å². The fourth-order valence-corrected chi connectivity index (χ4v) is 4.15. The van der Waals surface area contributed by atoms with Gasteiger partial charge in [-0.3, -0.25) is 9.59 Å². The molecule has 0 radical (unpaired) electrons. The number of nitrogens with zero attached hydrogens (tertiary/aromatic N) is 1. The van der Waals surface area contributed by atoms with Crippen LogP contribution in [0.2, 0.25) is 0 Å². The molecule has 5 heteroatoms. The predicted molar refractivity (Wildman–Crippen MR) is 107 cm³/mol. The van der Waals surface area contributed by atoms with Crippen LogP contribution < -0.4 is 5.32 Å². The average molecular weight is 369 g/mol. The Labute approximate surface area is 159 Å². The molecule has 0 bridgehead atoms. The normalized spacial score (nSPS) is 16.3. The van der Waals surface area contributed by atoms with E-state index >= 15 is 0 Å². The molecule has 1 aliphatic rings. The Bertz CT molecular complexity index is 764. The number of benzene rings is 2. The number of carbonyl (C=O) groups excluding carboxylic acids is 2. The molecule has 0 aromatic heterocycles. The van der Waals surface area contributed by atoms with E-state index in [0.29, 0.717) is 18.7 Å². The minimum absolute atomic E-state index is 0.0463. The molecule has 1 atom stereocenters. The van der Waals surface area contributed by atoms with E-state index in [9.17, 15) is 9.59 Å². The van der Waals surface area contributed by atoms with Crippen LogP contribution in [0.4, 0.5) is 5.69 Å². The summed E-state index contributed by atoms with van der Waals surface area (Å²) in [6.07, 6.45) is 2.14. The Kier molecular flexibility index (Phi) is 6.34. The monoisotopic (exact) mass is 368 g/mol. The summed E-state index contributed by atoms with van der Waals surface area (Å²) in [6, 6.07) is 17.9. The first kappa shape index (κ1) is 18.5. The number of carbonyl (C=O) groups is 2. The van der Waals surface area contributed by atoms with Crippen molar-refractivity contribution in [2.75, 3.05) is 18.1 Å². The summed E-state index contributed by atoms with van der Waals surface area (Å²) in [5.41, 5.74) is 3.22. The van der Waals surface area contributed by atoms with Crippen LogP contribution in [0.5, 0.6) is 0 Å². The average Bonchev–Trinajstić information content (AvgIpc) is 2.81. The summed E-state index contributed by atoms with van der Waals surface area (Å²) in [5.74, 6) is 0.815. The van der Waals surface area contributed by atoms with Crippen LogP contribution in [0.3, 0.4) is 0 Å². The van der Waals surface area contributed by atoms with Crippen LogP contribution in [-0.4, -0.2) is 34.8 Å². The Hall–Kier alpha value is -2.27. The molecule has 0 fully saturated rings. The lowest BCUT2D eigenvalue weighted by molar-refractivity contribution is -0.130. The Morgan fingerprint density at radius 3 is 2.69 bits per heavy atom.